The lowest BCUT2D eigenvalue weighted by Gasteiger charge is -2.18. The van der Waals surface area contributed by atoms with Crippen LogP contribution in [0.25, 0.3) is 11.4 Å². The van der Waals surface area contributed by atoms with Crippen LogP contribution in [0.5, 0.6) is 0 Å². The van der Waals surface area contributed by atoms with Gasteiger partial charge < -0.3 is 14.8 Å². The van der Waals surface area contributed by atoms with Crippen molar-refractivity contribution in [1.82, 2.24) is 19.9 Å². The average Bonchev–Trinajstić information content (AvgIpc) is 2.64. The maximum atomic E-state index is 11.6. The van der Waals surface area contributed by atoms with E-state index in [1.165, 1.54) is 0 Å². The lowest BCUT2D eigenvalue weighted by molar-refractivity contribution is 0.316. The first kappa shape index (κ1) is 22.5. The molecule has 0 aliphatic carbocycles. The number of nitrogens with one attached hydrogen (secondary N) is 1. The van der Waals surface area contributed by atoms with Crippen molar-refractivity contribution in [1.29, 1.82) is 0 Å². The molecular weight excluding hydrogens is 429 g/mol. The van der Waals surface area contributed by atoms with Crippen molar-refractivity contribution in [2.75, 3.05) is 37.8 Å². The monoisotopic (exact) mass is 449 g/mol. The molecule has 27 heavy (non-hydrogen) atoms. The Kier molecular flexibility index (Phi) is 8.39. The zero-order valence-corrected chi connectivity index (χ0v) is 18.5. The van der Waals surface area contributed by atoms with Gasteiger partial charge in [-0.05, 0) is 48.5 Å². The van der Waals surface area contributed by atoms with Crippen LogP contribution >= 0.6 is 34.8 Å². The number of hydrogen-bond acceptors (Lipinski definition) is 6. The molecule has 148 valence electrons. The highest BCUT2D eigenvalue weighted by Crippen LogP contribution is 2.36. The molecule has 1 heterocycles. The van der Waals surface area contributed by atoms with Crippen molar-refractivity contribution in [3.8, 4) is 11.4 Å². The normalized spacial score (nSPS) is 13.0. The second-order valence-electron chi connectivity index (χ2n) is 5.74. The van der Waals surface area contributed by atoms with E-state index in [9.17, 15) is 4.55 Å². The van der Waals surface area contributed by atoms with Gasteiger partial charge in [0.05, 0.1) is 0 Å². The largest absolute Gasteiger partial charge is 0.612 e. The fraction of sp³-hybridized carbons (Fsp3) is 0.471. The molecular formula is C17H22Cl3N5OS. The summed E-state index contributed by atoms with van der Waals surface area (Å²) >= 11 is 16.9. The SMILES string of the molecule is CCN(CC)CCNc1nc(-c2ccc([S+](C)[O-])cc2)nc(C(Cl)(Cl)Cl)n1. The molecule has 2 aromatic rings. The van der Waals surface area contributed by atoms with Gasteiger partial charge in [-0.2, -0.15) is 9.97 Å². The van der Waals surface area contributed by atoms with E-state index in [1.807, 2.05) is 0 Å². The first-order valence-electron chi connectivity index (χ1n) is 8.48. The number of anilines is 1. The molecule has 0 amide bonds. The smallest absolute Gasteiger partial charge is 0.250 e. The van der Waals surface area contributed by atoms with Crippen molar-refractivity contribution in [3.63, 3.8) is 0 Å². The third-order valence-corrected chi connectivity index (χ3v) is 5.38. The quantitative estimate of drug-likeness (QED) is 0.486. The van der Waals surface area contributed by atoms with Crippen LogP contribution in [0, 0.1) is 0 Å². The van der Waals surface area contributed by atoms with Crippen molar-refractivity contribution in [2.24, 2.45) is 0 Å². The Morgan fingerprint density at radius 3 is 2.22 bits per heavy atom. The zero-order chi connectivity index (χ0) is 20.0. The molecule has 0 spiro atoms. The zero-order valence-electron chi connectivity index (χ0n) is 15.4. The number of hydrogen-bond donors (Lipinski definition) is 1. The van der Waals surface area contributed by atoms with Crippen molar-refractivity contribution < 1.29 is 4.55 Å². The standard InChI is InChI=1S/C17H22Cl3N5OS/c1-4-25(5-2)11-10-21-16-23-14(22-15(24-16)17(18,19)20)12-6-8-13(9-7-12)27(3)26/h6-9H,4-5,10-11H2,1-3H3,(H,21,22,23,24). The number of alkyl halides is 3. The summed E-state index contributed by atoms with van der Waals surface area (Å²) in [5.74, 6) is 0.771. The molecule has 1 unspecified atom stereocenters. The molecule has 1 aromatic carbocycles. The first-order chi connectivity index (χ1) is 12.7. The van der Waals surface area contributed by atoms with E-state index in [1.54, 1.807) is 30.5 Å². The number of halogens is 3. The summed E-state index contributed by atoms with van der Waals surface area (Å²) in [6.07, 6.45) is 1.62. The molecule has 2 rings (SSSR count). The van der Waals surface area contributed by atoms with Gasteiger partial charge in [0.1, 0.15) is 6.26 Å². The molecule has 0 radical (unpaired) electrons. The Balaban J connectivity index is 2.28. The third-order valence-electron chi connectivity index (χ3n) is 3.94. The van der Waals surface area contributed by atoms with Crippen LogP contribution in [0.15, 0.2) is 29.2 Å². The molecule has 6 nitrogen and oxygen atoms in total. The maximum absolute atomic E-state index is 11.6. The Morgan fingerprint density at radius 2 is 1.70 bits per heavy atom. The second-order valence-corrected chi connectivity index (χ2v) is 9.40. The summed E-state index contributed by atoms with van der Waals surface area (Å²) in [5.41, 5.74) is 0.717. The van der Waals surface area contributed by atoms with Gasteiger partial charge in [0.2, 0.25) is 9.74 Å². The van der Waals surface area contributed by atoms with E-state index in [0.717, 1.165) is 19.6 Å². The fourth-order valence-electron chi connectivity index (χ4n) is 2.37. The lowest BCUT2D eigenvalue weighted by Crippen LogP contribution is -2.29. The van der Waals surface area contributed by atoms with Crippen molar-refractivity contribution in [2.45, 2.75) is 22.5 Å². The van der Waals surface area contributed by atoms with E-state index < -0.39 is 15.0 Å². The average molecular weight is 451 g/mol. The molecule has 0 aliphatic heterocycles. The molecule has 0 saturated heterocycles. The van der Waals surface area contributed by atoms with Gasteiger partial charge in [-0.15, -0.1) is 0 Å². The highest BCUT2D eigenvalue weighted by atomic mass is 35.6. The molecule has 0 saturated carbocycles. The van der Waals surface area contributed by atoms with Gasteiger partial charge in [0.15, 0.2) is 16.5 Å². The van der Waals surface area contributed by atoms with Gasteiger partial charge in [-0.1, -0.05) is 48.7 Å². The molecule has 1 atom stereocenters. The maximum Gasteiger partial charge on any atom is 0.250 e. The number of aromatic nitrogens is 3. The van der Waals surface area contributed by atoms with Gasteiger partial charge >= 0.3 is 0 Å². The van der Waals surface area contributed by atoms with E-state index >= 15 is 0 Å². The van der Waals surface area contributed by atoms with Gasteiger partial charge in [-0.25, -0.2) is 4.98 Å². The molecule has 1 N–H and O–H groups in total. The molecule has 0 fully saturated rings. The minimum atomic E-state index is -1.77. The Labute approximate surface area is 177 Å². The van der Waals surface area contributed by atoms with Crippen LogP contribution in [0.4, 0.5) is 5.95 Å². The van der Waals surface area contributed by atoms with Crippen LogP contribution in [0.1, 0.15) is 19.7 Å². The molecule has 10 heteroatoms. The summed E-state index contributed by atoms with van der Waals surface area (Å²) in [6, 6.07) is 7.09. The Morgan fingerprint density at radius 1 is 1.07 bits per heavy atom. The minimum absolute atomic E-state index is 0.0472. The lowest BCUT2D eigenvalue weighted by atomic mass is 10.2. The van der Waals surface area contributed by atoms with Crippen molar-refractivity contribution >= 4 is 51.9 Å². The highest BCUT2D eigenvalue weighted by molar-refractivity contribution is 7.90. The van der Waals surface area contributed by atoms with Crippen LogP contribution in [0.3, 0.4) is 0 Å². The predicted octanol–water partition coefficient (Wildman–Crippen LogP) is 3.86. The van der Waals surface area contributed by atoms with Gasteiger partial charge in [0.25, 0.3) is 0 Å². The predicted molar refractivity (Wildman–Crippen MR) is 113 cm³/mol. The van der Waals surface area contributed by atoms with E-state index in [0.29, 0.717) is 28.8 Å². The van der Waals surface area contributed by atoms with Crippen LogP contribution in [0.2, 0.25) is 0 Å². The van der Waals surface area contributed by atoms with E-state index in [-0.39, 0.29) is 5.82 Å². The van der Waals surface area contributed by atoms with Crippen molar-refractivity contribution in [3.05, 3.63) is 30.1 Å². The number of rotatable bonds is 8. The summed E-state index contributed by atoms with van der Waals surface area (Å²) in [4.78, 5) is 15.9. The highest BCUT2D eigenvalue weighted by Gasteiger charge is 2.28. The summed E-state index contributed by atoms with van der Waals surface area (Å²) in [6.45, 7) is 7.64. The number of likely N-dealkylation sites (N-methyl/N-ethyl adjacent to an activating group) is 1. The Hall–Kier alpha value is -0.830. The second kappa shape index (κ2) is 10.1. The van der Waals surface area contributed by atoms with E-state index in [2.05, 4.69) is 39.0 Å². The van der Waals surface area contributed by atoms with Gasteiger partial charge in [0, 0.05) is 18.7 Å². The molecule has 0 bridgehead atoms. The van der Waals surface area contributed by atoms with E-state index in [4.69, 9.17) is 34.8 Å². The van der Waals surface area contributed by atoms with Crippen LogP contribution < -0.4 is 5.32 Å². The first-order valence-corrected chi connectivity index (χ1v) is 11.2. The third kappa shape index (κ3) is 6.62. The van der Waals surface area contributed by atoms with Crippen LogP contribution in [-0.4, -0.2) is 56.8 Å². The number of nitrogens with zero attached hydrogens (tertiary/aromatic N) is 4. The fourth-order valence-corrected chi connectivity index (χ4v) is 3.15. The van der Waals surface area contributed by atoms with Crippen LogP contribution in [-0.2, 0) is 15.0 Å². The summed E-state index contributed by atoms with van der Waals surface area (Å²) in [7, 11) is 0. The topological polar surface area (TPSA) is 77.0 Å². The molecule has 0 aliphatic rings. The number of benzene rings is 1. The Bertz CT molecular complexity index is 736. The minimum Gasteiger partial charge on any atom is -0.612 e. The molecule has 1 aromatic heterocycles. The van der Waals surface area contributed by atoms with Gasteiger partial charge in [-0.3, -0.25) is 0 Å². The summed E-state index contributed by atoms with van der Waals surface area (Å²) in [5, 5.41) is 3.17. The summed E-state index contributed by atoms with van der Waals surface area (Å²) < 4.78 is 9.79.